The molecule has 2 aromatic rings. The Balaban J connectivity index is 1.85. The smallest absolute Gasteiger partial charge is 0.265 e. The van der Waals surface area contributed by atoms with Crippen LogP contribution in [0.25, 0.3) is 0 Å². The molecule has 0 aliphatic heterocycles. The summed E-state index contributed by atoms with van der Waals surface area (Å²) in [5.74, 6) is 1.37. The van der Waals surface area contributed by atoms with Crippen LogP contribution in [0.4, 0.5) is 0 Å². The zero-order valence-electron chi connectivity index (χ0n) is 9.40. The summed E-state index contributed by atoms with van der Waals surface area (Å²) in [4.78, 5) is 19.5. The van der Waals surface area contributed by atoms with Crippen molar-refractivity contribution >= 4 is 17.2 Å². The van der Waals surface area contributed by atoms with Crippen molar-refractivity contribution in [3.8, 4) is 5.75 Å². The highest BCUT2D eigenvalue weighted by molar-refractivity contribution is 7.12. The van der Waals surface area contributed by atoms with Gasteiger partial charge in [-0.15, -0.1) is 11.3 Å². The standard InChI is InChI=1S/C11H13N3O2S/c1-16-8-3-7-17-10(8)11(15)14-4-2-9-12-5-6-13-9/h3,5-7H,2,4H2,1H3,(H,12,13)(H,14,15). The SMILES string of the molecule is COc1ccsc1C(=O)NCCc1ncc[nH]1. The first-order valence-corrected chi connectivity index (χ1v) is 6.07. The van der Waals surface area contributed by atoms with Crippen LogP contribution >= 0.6 is 11.3 Å². The third-order valence-electron chi connectivity index (χ3n) is 2.26. The maximum atomic E-state index is 11.8. The Hall–Kier alpha value is -1.82. The second-order valence-electron chi connectivity index (χ2n) is 3.36. The van der Waals surface area contributed by atoms with Gasteiger partial charge in [0.15, 0.2) is 0 Å². The molecule has 1 amide bonds. The first kappa shape index (κ1) is 11.7. The van der Waals surface area contributed by atoms with E-state index in [0.717, 1.165) is 5.82 Å². The van der Waals surface area contributed by atoms with E-state index in [1.165, 1.54) is 11.3 Å². The summed E-state index contributed by atoms with van der Waals surface area (Å²) in [7, 11) is 1.56. The second-order valence-corrected chi connectivity index (χ2v) is 4.28. The van der Waals surface area contributed by atoms with Crippen LogP contribution in [0.1, 0.15) is 15.5 Å². The molecule has 0 fully saturated rings. The van der Waals surface area contributed by atoms with E-state index in [1.807, 2.05) is 5.38 Å². The Morgan fingerprint density at radius 2 is 2.53 bits per heavy atom. The van der Waals surface area contributed by atoms with Crippen molar-refractivity contribution in [3.05, 3.63) is 34.5 Å². The van der Waals surface area contributed by atoms with Crippen molar-refractivity contribution in [2.24, 2.45) is 0 Å². The normalized spacial score (nSPS) is 10.2. The molecule has 0 aliphatic carbocycles. The number of aromatic amines is 1. The van der Waals surface area contributed by atoms with Crippen LogP contribution in [0.15, 0.2) is 23.8 Å². The average Bonchev–Trinajstić information content (AvgIpc) is 2.99. The minimum Gasteiger partial charge on any atom is -0.495 e. The highest BCUT2D eigenvalue weighted by Gasteiger charge is 2.12. The van der Waals surface area contributed by atoms with Gasteiger partial charge in [-0.2, -0.15) is 0 Å². The van der Waals surface area contributed by atoms with Gasteiger partial charge in [0.2, 0.25) is 0 Å². The molecule has 0 atom stereocenters. The van der Waals surface area contributed by atoms with Crippen molar-refractivity contribution < 1.29 is 9.53 Å². The molecule has 0 spiro atoms. The Kier molecular flexibility index (Phi) is 3.77. The van der Waals surface area contributed by atoms with Crippen molar-refractivity contribution in [3.63, 3.8) is 0 Å². The molecule has 0 saturated carbocycles. The summed E-state index contributed by atoms with van der Waals surface area (Å²) in [6.45, 7) is 0.549. The number of amides is 1. The van der Waals surface area contributed by atoms with E-state index in [2.05, 4.69) is 15.3 Å². The van der Waals surface area contributed by atoms with E-state index in [0.29, 0.717) is 23.6 Å². The van der Waals surface area contributed by atoms with Crippen LogP contribution in [-0.4, -0.2) is 29.5 Å². The number of rotatable bonds is 5. The Bertz CT molecular complexity index is 479. The third kappa shape index (κ3) is 2.85. The molecule has 0 radical (unpaired) electrons. The maximum absolute atomic E-state index is 11.8. The number of carbonyl (C=O) groups is 1. The highest BCUT2D eigenvalue weighted by atomic mass is 32.1. The topological polar surface area (TPSA) is 67.0 Å². The predicted molar refractivity (Wildman–Crippen MR) is 65.5 cm³/mol. The Morgan fingerprint density at radius 3 is 3.24 bits per heavy atom. The number of imidazole rings is 1. The second kappa shape index (κ2) is 5.49. The van der Waals surface area contributed by atoms with E-state index >= 15 is 0 Å². The van der Waals surface area contributed by atoms with Crippen LogP contribution in [0.5, 0.6) is 5.75 Å². The zero-order valence-corrected chi connectivity index (χ0v) is 10.2. The first-order valence-electron chi connectivity index (χ1n) is 5.19. The quantitative estimate of drug-likeness (QED) is 0.845. The number of methoxy groups -OCH3 is 1. The molecule has 2 heterocycles. The summed E-state index contributed by atoms with van der Waals surface area (Å²) in [5.41, 5.74) is 0. The van der Waals surface area contributed by atoms with E-state index in [-0.39, 0.29) is 5.91 Å². The number of nitrogens with zero attached hydrogens (tertiary/aromatic N) is 1. The number of aromatic nitrogens is 2. The van der Waals surface area contributed by atoms with Gasteiger partial charge in [0.1, 0.15) is 16.5 Å². The lowest BCUT2D eigenvalue weighted by molar-refractivity contribution is 0.0955. The number of ether oxygens (including phenoxy) is 1. The Morgan fingerprint density at radius 1 is 1.65 bits per heavy atom. The summed E-state index contributed by atoms with van der Waals surface area (Å²) >= 11 is 1.37. The van der Waals surface area contributed by atoms with E-state index < -0.39 is 0 Å². The predicted octanol–water partition coefficient (Wildman–Crippen LogP) is 1.45. The monoisotopic (exact) mass is 251 g/mol. The van der Waals surface area contributed by atoms with Crippen molar-refractivity contribution in [2.75, 3.05) is 13.7 Å². The van der Waals surface area contributed by atoms with Gasteiger partial charge in [-0.3, -0.25) is 4.79 Å². The van der Waals surface area contributed by atoms with E-state index in [4.69, 9.17) is 4.74 Å². The fraction of sp³-hybridized carbons (Fsp3) is 0.273. The third-order valence-corrected chi connectivity index (χ3v) is 3.15. The number of hydrogen-bond acceptors (Lipinski definition) is 4. The van der Waals surface area contributed by atoms with Crippen LogP contribution in [-0.2, 0) is 6.42 Å². The highest BCUT2D eigenvalue weighted by Crippen LogP contribution is 2.23. The first-order chi connectivity index (χ1) is 8.31. The summed E-state index contributed by atoms with van der Waals surface area (Å²) in [5, 5.41) is 4.66. The van der Waals surface area contributed by atoms with Gasteiger partial charge in [-0.25, -0.2) is 4.98 Å². The minimum absolute atomic E-state index is 0.108. The fourth-order valence-corrected chi connectivity index (χ4v) is 2.21. The molecule has 6 heteroatoms. The van der Waals surface area contributed by atoms with Gasteiger partial charge in [0, 0.05) is 25.4 Å². The molecule has 2 aromatic heterocycles. The van der Waals surface area contributed by atoms with Crippen LogP contribution < -0.4 is 10.1 Å². The molecular formula is C11H13N3O2S. The van der Waals surface area contributed by atoms with Crippen molar-refractivity contribution in [1.29, 1.82) is 0 Å². The lowest BCUT2D eigenvalue weighted by Crippen LogP contribution is -2.25. The number of carbonyl (C=O) groups excluding carboxylic acids is 1. The zero-order chi connectivity index (χ0) is 12.1. The molecular weight excluding hydrogens is 238 g/mol. The van der Waals surface area contributed by atoms with Crippen LogP contribution in [0.3, 0.4) is 0 Å². The number of H-pyrrole nitrogens is 1. The molecule has 0 saturated heterocycles. The maximum Gasteiger partial charge on any atom is 0.265 e. The molecule has 0 aromatic carbocycles. The van der Waals surface area contributed by atoms with Crippen LogP contribution in [0.2, 0.25) is 0 Å². The average molecular weight is 251 g/mol. The summed E-state index contributed by atoms with van der Waals surface area (Å²) < 4.78 is 5.09. The van der Waals surface area contributed by atoms with E-state index in [1.54, 1.807) is 25.6 Å². The molecule has 17 heavy (non-hydrogen) atoms. The van der Waals surface area contributed by atoms with E-state index in [9.17, 15) is 4.79 Å². The summed E-state index contributed by atoms with van der Waals surface area (Å²) in [6.07, 6.45) is 4.14. The van der Waals surface area contributed by atoms with Gasteiger partial charge >= 0.3 is 0 Å². The molecule has 2 N–H and O–H groups in total. The molecule has 2 rings (SSSR count). The molecule has 90 valence electrons. The molecule has 0 unspecified atom stereocenters. The summed E-state index contributed by atoms with van der Waals surface area (Å²) in [6, 6.07) is 1.78. The van der Waals surface area contributed by atoms with Gasteiger partial charge in [0.25, 0.3) is 5.91 Å². The molecule has 0 aliphatic rings. The molecule has 0 bridgehead atoms. The largest absolute Gasteiger partial charge is 0.495 e. The number of nitrogens with one attached hydrogen (secondary N) is 2. The number of hydrogen-bond donors (Lipinski definition) is 2. The van der Waals surface area contributed by atoms with Crippen molar-refractivity contribution in [1.82, 2.24) is 15.3 Å². The molecule has 5 nitrogen and oxygen atoms in total. The van der Waals surface area contributed by atoms with Crippen LogP contribution in [0, 0.1) is 0 Å². The van der Waals surface area contributed by atoms with Gasteiger partial charge in [0.05, 0.1) is 7.11 Å². The van der Waals surface area contributed by atoms with Gasteiger partial charge in [-0.05, 0) is 11.4 Å². The van der Waals surface area contributed by atoms with Gasteiger partial charge in [-0.1, -0.05) is 0 Å². The minimum atomic E-state index is -0.108. The van der Waals surface area contributed by atoms with Gasteiger partial charge < -0.3 is 15.0 Å². The fourth-order valence-electron chi connectivity index (χ4n) is 1.43. The number of thiophene rings is 1. The Labute approximate surface area is 103 Å². The lowest BCUT2D eigenvalue weighted by atomic mass is 10.3. The van der Waals surface area contributed by atoms with Crippen molar-refractivity contribution in [2.45, 2.75) is 6.42 Å². The lowest BCUT2D eigenvalue weighted by Gasteiger charge is -2.04.